The third kappa shape index (κ3) is 6.51. The Kier molecular flexibility index (Phi) is 8.95. The third-order valence-electron chi connectivity index (χ3n) is 5.13. The Morgan fingerprint density at radius 1 is 0.941 bits per heavy atom. The molecule has 0 aliphatic rings. The van der Waals surface area contributed by atoms with Crippen molar-refractivity contribution in [2.75, 3.05) is 31.6 Å². The van der Waals surface area contributed by atoms with E-state index in [1.165, 1.54) is 12.1 Å². The van der Waals surface area contributed by atoms with Crippen LogP contribution in [-0.4, -0.2) is 41.6 Å². The molecule has 7 nitrogen and oxygen atoms in total. The summed E-state index contributed by atoms with van der Waals surface area (Å²) in [4.78, 5) is 12.8. The Morgan fingerprint density at radius 2 is 1.68 bits per heavy atom. The monoisotopic (exact) mass is 546 g/mol. The van der Waals surface area contributed by atoms with Gasteiger partial charge in [0.2, 0.25) is 5.91 Å². The van der Waals surface area contributed by atoms with E-state index in [0.29, 0.717) is 34.6 Å². The number of carbonyl (C=O) groups excluding carboxylic acids is 1. The van der Waals surface area contributed by atoms with Crippen LogP contribution in [-0.2, 0) is 21.2 Å². The van der Waals surface area contributed by atoms with Gasteiger partial charge in [0, 0.05) is 11.0 Å². The van der Waals surface area contributed by atoms with E-state index in [0.717, 1.165) is 16.3 Å². The van der Waals surface area contributed by atoms with Gasteiger partial charge in [-0.05, 0) is 60.9 Å². The molecule has 0 spiro atoms. The average molecular weight is 547 g/mol. The van der Waals surface area contributed by atoms with Crippen LogP contribution in [0.25, 0.3) is 0 Å². The maximum absolute atomic E-state index is 13.3. The summed E-state index contributed by atoms with van der Waals surface area (Å²) in [5.74, 6) is 0.929. The van der Waals surface area contributed by atoms with Crippen molar-refractivity contribution in [3.05, 3.63) is 82.8 Å². The smallest absolute Gasteiger partial charge is 0.264 e. The van der Waals surface area contributed by atoms with Crippen LogP contribution in [0, 0.1) is 0 Å². The number of anilines is 1. The molecule has 0 radical (unpaired) electrons. The summed E-state index contributed by atoms with van der Waals surface area (Å²) in [5.41, 5.74) is 1.45. The molecule has 0 saturated carbocycles. The number of rotatable bonds is 11. The Morgan fingerprint density at radius 3 is 2.35 bits per heavy atom. The normalized spacial score (nSPS) is 11.0. The second-order valence-electron chi connectivity index (χ2n) is 7.45. The summed E-state index contributed by atoms with van der Waals surface area (Å²) >= 11 is 3.37. The van der Waals surface area contributed by atoms with Crippen molar-refractivity contribution in [3.63, 3.8) is 0 Å². The van der Waals surface area contributed by atoms with Crippen molar-refractivity contribution >= 4 is 37.5 Å². The van der Waals surface area contributed by atoms with E-state index in [1.54, 1.807) is 56.7 Å². The SMILES string of the molecule is COc1ccc(CCCNC(=O)CN(c2cccc(Br)c2)S(=O)(=O)c2ccccc2)cc1OC. The number of aryl methyl sites for hydroxylation is 1. The summed E-state index contributed by atoms with van der Waals surface area (Å²) in [5, 5.41) is 2.83. The first-order chi connectivity index (χ1) is 16.3. The van der Waals surface area contributed by atoms with Gasteiger partial charge in [0.25, 0.3) is 10.0 Å². The molecule has 0 aromatic heterocycles. The van der Waals surface area contributed by atoms with Gasteiger partial charge in [0.1, 0.15) is 6.54 Å². The molecule has 34 heavy (non-hydrogen) atoms. The van der Waals surface area contributed by atoms with Gasteiger partial charge >= 0.3 is 0 Å². The number of benzene rings is 3. The van der Waals surface area contributed by atoms with Gasteiger partial charge in [-0.15, -0.1) is 0 Å². The maximum Gasteiger partial charge on any atom is 0.264 e. The molecule has 0 unspecified atom stereocenters. The van der Waals surface area contributed by atoms with Crippen LogP contribution in [0.5, 0.6) is 11.5 Å². The van der Waals surface area contributed by atoms with Crippen LogP contribution in [0.2, 0.25) is 0 Å². The van der Waals surface area contributed by atoms with E-state index in [-0.39, 0.29) is 17.3 Å². The lowest BCUT2D eigenvalue weighted by Crippen LogP contribution is -2.41. The van der Waals surface area contributed by atoms with Crippen molar-refractivity contribution in [1.29, 1.82) is 0 Å². The number of amides is 1. The summed E-state index contributed by atoms with van der Waals surface area (Å²) in [6.45, 7) is 0.0783. The van der Waals surface area contributed by atoms with Crippen LogP contribution in [0.4, 0.5) is 5.69 Å². The second kappa shape index (κ2) is 11.9. The molecule has 0 aliphatic heterocycles. The molecule has 3 aromatic rings. The minimum Gasteiger partial charge on any atom is -0.493 e. The zero-order valence-corrected chi connectivity index (χ0v) is 21.4. The van der Waals surface area contributed by atoms with Gasteiger partial charge < -0.3 is 14.8 Å². The van der Waals surface area contributed by atoms with Crippen molar-refractivity contribution in [3.8, 4) is 11.5 Å². The van der Waals surface area contributed by atoms with E-state index in [2.05, 4.69) is 21.2 Å². The van der Waals surface area contributed by atoms with Gasteiger partial charge in [-0.1, -0.05) is 46.3 Å². The van der Waals surface area contributed by atoms with Gasteiger partial charge in [-0.3, -0.25) is 9.10 Å². The first-order valence-electron chi connectivity index (χ1n) is 10.7. The number of ether oxygens (including phenoxy) is 2. The number of hydrogen-bond donors (Lipinski definition) is 1. The summed E-state index contributed by atoms with van der Waals surface area (Å²) in [6, 6.07) is 20.6. The number of hydrogen-bond acceptors (Lipinski definition) is 5. The lowest BCUT2D eigenvalue weighted by molar-refractivity contribution is -0.119. The van der Waals surface area contributed by atoms with Gasteiger partial charge in [0.15, 0.2) is 11.5 Å². The Bertz CT molecular complexity index is 1220. The number of methoxy groups -OCH3 is 2. The number of nitrogens with zero attached hydrogens (tertiary/aromatic N) is 1. The average Bonchev–Trinajstić information content (AvgIpc) is 2.85. The first kappa shape index (κ1) is 25.6. The number of carbonyl (C=O) groups is 1. The van der Waals surface area contributed by atoms with Crippen LogP contribution in [0.1, 0.15) is 12.0 Å². The topological polar surface area (TPSA) is 84.9 Å². The highest BCUT2D eigenvalue weighted by Crippen LogP contribution is 2.28. The molecule has 0 atom stereocenters. The molecule has 0 heterocycles. The zero-order chi connectivity index (χ0) is 24.6. The molecular formula is C25H27BrN2O5S. The molecule has 0 saturated heterocycles. The lowest BCUT2D eigenvalue weighted by Gasteiger charge is -2.24. The Balaban J connectivity index is 1.66. The largest absolute Gasteiger partial charge is 0.493 e. The predicted molar refractivity (Wildman–Crippen MR) is 136 cm³/mol. The lowest BCUT2D eigenvalue weighted by atomic mass is 10.1. The fourth-order valence-electron chi connectivity index (χ4n) is 3.41. The highest BCUT2D eigenvalue weighted by molar-refractivity contribution is 9.10. The molecular weight excluding hydrogens is 520 g/mol. The first-order valence-corrected chi connectivity index (χ1v) is 12.9. The molecule has 180 valence electrons. The quantitative estimate of drug-likeness (QED) is 0.360. The summed E-state index contributed by atoms with van der Waals surface area (Å²) in [7, 11) is -0.756. The third-order valence-corrected chi connectivity index (χ3v) is 7.41. The van der Waals surface area contributed by atoms with E-state index < -0.39 is 10.0 Å². The molecule has 1 amide bonds. The van der Waals surface area contributed by atoms with Crippen LogP contribution < -0.4 is 19.1 Å². The highest BCUT2D eigenvalue weighted by atomic mass is 79.9. The van der Waals surface area contributed by atoms with Crippen LogP contribution in [0.15, 0.2) is 82.2 Å². The molecule has 0 bridgehead atoms. The predicted octanol–water partition coefficient (Wildman–Crippen LogP) is 4.41. The Hall–Kier alpha value is -3.04. The molecule has 1 N–H and O–H groups in total. The van der Waals surface area contributed by atoms with Crippen molar-refractivity contribution < 1.29 is 22.7 Å². The van der Waals surface area contributed by atoms with Gasteiger partial charge in [-0.2, -0.15) is 0 Å². The van der Waals surface area contributed by atoms with E-state index in [9.17, 15) is 13.2 Å². The number of halogens is 1. The second-order valence-corrected chi connectivity index (χ2v) is 10.2. The van der Waals surface area contributed by atoms with Crippen LogP contribution >= 0.6 is 15.9 Å². The standard InChI is InChI=1S/C25H27BrN2O5S/c1-32-23-14-13-19(16-24(23)33-2)8-7-15-27-25(29)18-28(21-10-6-9-20(26)17-21)34(30,31)22-11-4-3-5-12-22/h3-6,9-14,16-17H,7-8,15,18H2,1-2H3,(H,27,29). The summed E-state index contributed by atoms with van der Waals surface area (Å²) in [6.07, 6.45) is 1.40. The van der Waals surface area contributed by atoms with Gasteiger partial charge in [0.05, 0.1) is 24.8 Å². The molecule has 0 aliphatic carbocycles. The zero-order valence-electron chi connectivity index (χ0n) is 19.0. The van der Waals surface area contributed by atoms with Gasteiger partial charge in [-0.25, -0.2) is 8.42 Å². The van der Waals surface area contributed by atoms with Crippen molar-refractivity contribution in [1.82, 2.24) is 5.32 Å². The minimum absolute atomic E-state index is 0.122. The molecule has 9 heteroatoms. The molecule has 0 fully saturated rings. The minimum atomic E-state index is -3.93. The fraction of sp³-hybridized carbons (Fsp3) is 0.240. The summed E-state index contributed by atoms with van der Waals surface area (Å²) < 4.78 is 39.0. The van der Waals surface area contributed by atoms with E-state index in [1.807, 2.05) is 18.2 Å². The van der Waals surface area contributed by atoms with E-state index in [4.69, 9.17) is 9.47 Å². The Labute approximate surface area is 208 Å². The van der Waals surface area contributed by atoms with E-state index >= 15 is 0 Å². The molecule has 3 rings (SSSR count). The van der Waals surface area contributed by atoms with Crippen molar-refractivity contribution in [2.24, 2.45) is 0 Å². The fourth-order valence-corrected chi connectivity index (χ4v) is 5.23. The van der Waals surface area contributed by atoms with Crippen molar-refractivity contribution in [2.45, 2.75) is 17.7 Å². The number of sulfonamides is 1. The maximum atomic E-state index is 13.3. The molecule has 3 aromatic carbocycles. The number of nitrogens with one attached hydrogen (secondary N) is 1. The van der Waals surface area contributed by atoms with Crippen LogP contribution in [0.3, 0.4) is 0 Å². The highest BCUT2D eigenvalue weighted by Gasteiger charge is 2.27.